The Morgan fingerprint density at radius 1 is 1.15 bits per heavy atom. The number of fused-ring (bicyclic) bond motifs is 1. The van der Waals surface area contributed by atoms with E-state index >= 15 is 0 Å². The largest absolute Gasteiger partial charge is 0.497 e. The molecule has 3 rings (SSSR count). The monoisotopic (exact) mass is 354 g/mol. The average molecular weight is 354 g/mol. The van der Waals surface area contributed by atoms with Crippen LogP contribution in [0.5, 0.6) is 11.5 Å². The fourth-order valence-electron chi connectivity index (χ4n) is 2.90. The van der Waals surface area contributed by atoms with Crippen LogP contribution in [0.25, 0.3) is 10.9 Å². The Labute approximate surface area is 152 Å². The molecule has 1 heterocycles. The molecule has 1 atom stereocenters. The number of nitrogens with one attached hydrogen (secondary N) is 2. The fraction of sp³-hybridized carbons (Fsp3) is 0.250. The molecule has 0 saturated heterocycles. The number of carbonyl (C=O) groups excluding carboxylic acids is 1. The maximum absolute atomic E-state index is 12.6. The van der Waals surface area contributed by atoms with E-state index in [9.17, 15) is 4.79 Å². The van der Waals surface area contributed by atoms with Crippen LogP contribution in [0.1, 0.15) is 18.5 Å². The van der Waals surface area contributed by atoms with Gasteiger partial charge in [0.25, 0.3) is 0 Å². The number of H-pyrrole nitrogens is 1. The first-order chi connectivity index (χ1) is 12.7. The van der Waals surface area contributed by atoms with E-state index in [1.54, 1.807) is 27.2 Å². The standard InChI is InChI=1S/C20H22N2O4/c1-4-26-20(23)19(15-12-21-16-8-6-5-7-14(15)16)22-17-10-9-13(24-2)11-18(17)25-3/h5-12,19,21-22H,4H2,1-3H3. The van der Waals surface area contributed by atoms with Crippen molar-refractivity contribution in [3.63, 3.8) is 0 Å². The molecular weight excluding hydrogens is 332 g/mol. The van der Waals surface area contributed by atoms with Gasteiger partial charge < -0.3 is 24.5 Å². The van der Waals surface area contributed by atoms with Crippen LogP contribution in [0.15, 0.2) is 48.7 Å². The molecule has 2 aromatic carbocycles. The first-order valence-electron chi connectivity index (χ1n) is 8.39. The maximum Gasteiger partial charge on any atom is 0.333 e. The normalized spacial score (nSPS) is 11.8. The van der Waals surface area contributed by atoms with E-state index < -0.39 is 6.04 Å². The summed E-state index contributed by atoms with van der Waals surface area (Å²) in [7, 11) is 3.17. The number of aromatic amines is 1. The molecule has 0 spiro atoms. The molecule has 0 amide bonds. The molecule has 2 N–H and O–H groups in total. The molecule has 0 saturated carbocycles. The number of ether oxygens (including phenoxy) is 3. The van der Waals surface area contributed by atoms with Gasteiger partial charge in [-0.25, -0.2) is 4.79 Å². The summed E-state index contributed by atoms with van der Waals surface area (Å²) in [6, 6.07) is 12.5. The molecule has 6 nitrogen and oxygen atoms in total. The van der Waals surface area contributed by atoms with Gasteiger partial charge in [-0.05, 0) is 25.1 Å². The fourth-order valence-corrected chi connectivity index (χ4v) is 2.90. The van der Waals surface area contributed by atoms with Gasteiger partial charge in [0.15, 0.2) is 6.04 Å². The molecule has 0 aliphatic rings. The van der Waals surface area contributed by atoms with Gasteiger partial charge in [0, 0.05) is 28.7 Å². The first-order valence-corrected chi connectivity index (χ1v) is 8.39. The predicted octanol–water partition coefficient (Wildman–Crippen LogP) is 3.90. The van der Waals surface area contributed by atoms with Crippen LogP contribution in [-0.4, -0.2) is 31.8 Å². The second kappa shape index (κ2) is 7.82. The number of carbonyl (C=O) groups is 1. The van der Waals surface area contributed by atoms with Crippen molar-refractivity contribution in [3.05, 3.63) is 54.2 Å². The first kappa shape index (κ1) is 17.7. The third-order valence-corrected chi connectivity index (χ3v) is 4.16. The van der Waals surface area contributed by atoms with Gasteiger partial charge in [-0.15, -0.1) is 0 Å². The van der Waals surface area contributed by atoms with Crippen LogP contribution in [0.3, 0.4) is 0 Å². The van der Waals surface area contributed by atoms with E-state index in [0.717, 1.165) is 16.5 Å². The third-order valence-electron chi connectivity index (χ3n) is 4.16. The van der Waals surface area contributed by atoms with Gasteiger partial charge in [0.2, 0.25) is 0 Å². The van der Waals surface area contributed by atoms with Crippen molar-refractivity contribution in [2.75, 3.05) is 26.1 Å². The summed E-state index contributed by atoms with van der Waals surface area (Å²) in [5.74, 6) is 0.904. The van der Waals surface area contributed by atoms with Crippen molar-refractivity contribution in [2.24, 2.45) is 0 Å². The molecule has 3 aromatic rings. The van der Waals surface area contributed by atoms with Gasteiger partial charge in [-0.1, -0.05) is 18.2 Å². The lowest BCUT2D eigenvalue weighted by atomic mass is 10.1. The Morgan fingerprint density at radius 2 is 1.96 bits per heavy atom. The van der Waals surface area contributed by atoms with Crippen LogP contribution >= 0.6 is 0 Å². The van der Waals surface area contributed by atoms with Gasteiger partial charge in [-0.2, -0.15) is 0 Å². The van der Waals surface area contributed by atoms with Gasteiger partial charge in [0.05, 0.1) is 26.5 Å². The highest BCUT2D eigenvalue weighted by molar-refractivity contribution is 5.91. The maximum atomic E-state index is 12.6. The number of esters is 1. The van der Waals surface area contributed by atoms with Gasteiger partial charge in [-0.3, -0.25) is 0 Å². The van der Waals surface area contributed by atoms with Crippen molar-refractivity contribution in [1.29, 1.82) is 0 Å². The minimum Gasteiger partial charge on any atom is -0.497 e. The lowest BCUT2D eigenvalue weighted by Gasteiger charge is -2.20. The molecule has 0 aliphatic carbocycles. The lowest BCUT2D eigenvalue weighted by Crippen LogP contribution is -2.23. The molecule has 0 bridgehead atoms. The average Bonchev–Trinajstić information content (AvgIpc) is 3.10. The molecular formula is C20H22N2O4. The SMILES string of the molecule is CCOC(=O)C(Nc1ccc(OC)cc1OC)c1c[nH]c2ccccc12. The zero-order chi connectivity index (χ0) is 18.5. The number of benzene rings is 2. The van der Waals surface area contributed by atoms with Crippen LogP contribution in [0.2, 0.25) is 0 Å². The highest BCUT2D eigenvalue weighted by atomic mass is 16.5. The van der Waals surface area contributed by atoms with Crippen LogP contribution in [0.4, 0.5) is 5.69 Å². The van der Waals surface area contributed by atoms with Crippen molar-refractivity contribution in [2.45, 2.75) is 13.0 Å². The molecule has 6 heteroatoms. The van der Waals surface area contributed by atoms with Crippen molar-refractivity contribution in [1.82, 2.24) is 4.98 Å². The Balaban J connectivity index is 2.01. The second-order valence-corrected chi connectivity index (χ2v) is 5.69. The van der Waals surface area contributed by atoms with Gasteiger partial charge >= 0.3 is 5.97 Å². The van der Waals surface area contributed by atoms with Crippen LogP contribution in [0, 0.1) is 0 Å². The summed E-state index contributed by atoms with van der Waals surface area (Å²) < 4.78 is 15.9. The molecule has 1 aromatic heterocycles. The quantitative estimate of drug-likeness (QED) is 0.630. The summed E-state index contributed by atoms with van der Waals surface area (Å²) in [6.45, 7) is 2.09. The van der Waals surface area contributed by atoms with Gasteiger partial charge in [0.1, 0.15) is 11.5 Å². The van der Waals surface area contributed by atoms with E-state index in [2.05, 4.69) is 10.3 Å². The Bertz CT molecular complexity index is 904. The molecule has 1 unspecified atom stereocenters. The zero-order valence-electron chi connectivity index (χ0n) is 15.0. The molecule has 0 aliphatic heterocycles. The number of aromatic nitrogens is 1. The minimum absolute atomic E-state index is 0.305. The summed E-state index contributed by atoms with van der Waals surface area (Å²) in [5.41, 5.74) is 2.45. The predicted molar refractivity (Wildman–Crippen MR) is 101 cm³/mol. The number of hydrogen-bond donors (Lipinski definition) is 2. The zero-order valence-corrected chi connectivity index (χ0v) is 15.0. The number of para-hydroxylation sites is 1. The van der Waals surface area contributed by atoms with Crippen LogP contribution < -0.4 is 14.8 Å². The Hall–Kier alpha value is -3.15. The highest BCUT2D eigenvalue weighted by Gasteiger charge is 2.26. The lowest BCUT2D eigenvalue weighted by molar-refractivity contribution is -0.144. The molecule has 26 heavy (non-hydrogen) atoms. The van der Waals surface area contributed by atoms with Crippen LogP contribution in [-0.2, 0) is 9.53 Å². The second-order valence-electron chi connectivity index (χ2n) is 5.69. The number of anilines is 1. The summed E-state index contributed by atoms with van der Waals surface area (Å²) in [4.78, 5) is 15.8. The third kappa shape index (κ3) is 3.44. The minimum atomic E-state index is -0.673. The van der Waals surface area contributed by atoms with Crippen molar-refractivity contribution >= 4 is 22.6 Å². The topological polar surface area (TPSA) is 72.6 Å². The summed E-state index contributed by atoms with van der Waals surface area (Å²) in [5, 5.41) is 4.22. The highest BCUT2D eigenvalue weighted by Crippen LogP contribution is 2.34. The smallest absolute Gasteiger partial charge is 0.333 e. The number of hydrogen-bond acceptors (Lipinski definition) is 5. The number of methoxy groups -OCH3 is 2. The molecule has 136 valence electrons. The summed E-state index contributed by atoms with van der Waals surface area (Å²) >= 11 is 0. The molecule has 0 fully saturated rings. The van der Waals surface area contributed by atoms with E-state index in [-0.39, 0.29) is 5.97 Å². The van der Waals surface area contributed by atoms with Crippen molar-refractivity contribution in [3.8, 4) is 11.5 Å². The molecule has 0 radical (unpaired) electrons. The summed E-state index contributed by atoms with van der Waals surface area (Å²) in [6.07, 6.45) is 1.83. The van der Waals surface area contributed by atoms with E-state index in [0.29, 0.717) is 23.8 Å². The van der Waals surface area contributed by atoms with Crippen molar-refractivity contribution < 1.29 is 19.0 Å². The van der Waals surface area contributed by atoms with E-state index in [1.165, 1.54) is 0 Å². The number of rotatable bonds is 7. The Kier molecular flexibility index (Phi) is 5.31. The van der Waals surface area contributed by atoms with E-state index in [1.807, 2.05) is 42.6 Å². The van der Waals surface area contributed by atoms with E-state index in [4.69, 9.17) is 14.2 Å². The Morgan fingerprint density at radius 3 is 2.69 bits per heavy atom.